The van der Waals surface area contributed by atoms with Gasteiger partial charge in [-0.05, 0) is 31.8 Å². The number of carbonyl (C=O) groups is 1. The predicted octanol–water partition coefficient (Wildman–Crippen LogP) is 2.14. The highest BCUT2D eigenvalue weighted by Crippen LogP contribution is 2.21. The minimum absolute atomic E-state index is 0.590. The summed E-state index contributed by atoms with van der Waals surface area (Å²) in [4.78, 5) is 12.7. The average molecular weight is 258 g/mol. The van der Waals surface area contributed by atoms with Crippen LogP contribution in [0.5, 0.6) is 0 Å². The van der Waals surface area contributed by atoms with Crippen LogP contribution < -0.4 is 0 Å². The molecular formula is C10H12BrNO2. The number of hydrogen-bond donors (Lipinski definition) is 1. The largest absolute Gasteiger partial charge is 0.480 e. The van der Waals surface area contributed by atoms with Crippen LogP contribution >= 0.6 is 15.9 Å². The lowest BCUT2D eigenvalue weighted by molar-refractivity contribution is -0.142. The SMILES string of the molecule is CN(C)[C@@H](C(=O)O)c1cccc(Br)c1. The molecule has 14 heavy (non-hydrogen) atoms. The lowest BCUT2D eigenvalue weighted by atomic mass is 10.1. The van der Waals surface area contributed by atoms with Gasteiger partial charge in [0.15, 0.2) is 0 Å². The number of rotatable bonds is 3. The van der Waals surface area contributed by atoms with Crippen LogP contribution in [0, 0.1) is 0 Å². The van der Waals surface area contributed by atoms with Gasteiger partial charge >= 0.3 is 5.97 Å². The molecule has 0 aliphatic heterocycles. The van der Waals surface area contributed by atoms with E-state index in [-0.39, 0.29) is 0 Å². The molecule has 1 aromatic rings. The van der Waals surface area contributed by atoms with Gasteiger partial charge in [0.2, 0.25) is 0 Å². The molecule has 0 spiro atoms. The molecule has 0 amide bonds. The molecule has 3 nitrogen and oxygen atoms in total. The van der Waals surface area contributed by atoms with Crippen molar-refractivity contribution in [1.29, 1.82) is 0 Å². The number of aliphatic carboxylic acids is 1. The molecule has 0 heterocycles. The highest BCUT2D eigenvalue weighted by molar-refractivity contribution is 9.10. The molecule has 0 aliphatic rings. The third kappa shape index (κ3) is 2.56. The van der Waals surface area contributed by atoms with Crippen molar-refractivity contribution in [3.8, 4) is 0 Å². The van der Waals surface area contributed by atoms with E-state index < -0.39 is 12.0 Å². The zero-order chi connectivity index (χ0) is 10.7. The van der Waals surface area contributed by atoms with Gasteiger partial charge in [0, 0.05) is 4.47 Å². The minimum Gasteiger partial charge on any atom is -0.480 e. The second-order valence-corrected chi connectivity index (χ2v) is 4.18. The van der Waals surface area contributed by atoms with Crippen molar-refractivity contribution in [3.63, 3.8) is 0 Å². The fourth-order valence-electron chi connectivity index (χ4n) is 1.34. The van der Waals surface area contributed by atoms with Crippen LogP contribution in [0.4, 0.5) is 0 Å². The summed E-state index contributed by atoms with van der Waals surface area (Å²) in [7, 11) is 3.50. The molecule has 1 N–H and O–H groups in total. The summed E-state index contributed by atoms with van der Waals surface area (Å²) in [5, 5.41) is 9.03. The van der Waals surface area contributed by atoms with E-state index >= 15 is 0 Å². The summed E-state index contributed by atoms with van der Waals surface area (Å²) in [5.74, 6) is -0.840. The zero-order valence-electron chi connectivity index (χ0n) is 8.07. The van der Waals surface area contributed by atoms with E-state index in [1.54, 1.807) is 19.0 Å². The highest BCUT2D eigenvalue weighted by atomic mass is 79.9. The molecule has 0 fully saturated rings. The van der Waals surface area contributed by atoms with E-state index in [0.717, 1.165) is 10.0 Å². The molecule has 0 saturated carbocycles. The molecule has 0 saturated heterocycles. The number of likely N-dealkylation sites (N-methyl/N-ethyl adjacent to an activating group) is 1. The van der Waals surface area contributed by atoms with Gasteiger partial charge in [-0.1, -0.05) is 28.1 Å². The molecule has 0 unspecified atom stereocenters. The van der Waals surface area contributed by atoms with Crippen molar-refractivity contribution in [3.05, 3.63) is 34.3 Å². The maximum absolute atomic E-state index is 11.0. The lowest BCUT2D eigenvalue weighted by Gasteiger charge is -2.20. The van der Waals surface area contributed by atoms with E-state index in [2.05, 4.69) is 15.9 Å². The van der Waals surface area contributed by atoms with Gasteiger partial charge in [-0.25, -0.2) is 0 Å². The molecule has 1 rings (SSSR count). The number of nitrogens with zero attached hydrogens (tertiary/aromatic N) is 1. The Morgan fingerprint density at radius 3 is 2.57 bits per heavy atom. The Bertz CT molecular complexity index is 339. The van der Waals surface area contributed by atoms with Crippen LogP contribution in [0.15, 0.2) is 28.7 Å². The van der Waals surface area contributed by atoms with Crippen molar-refractivity contribution in [2.75, 3.05) is 14.1 Å². The number of carboxylic acids is 1. The lowest BCUT2D eigenvalue weighted by Crippen LogP contribution is -2.27. The molecule has 0 bridgehead atoms. The van der Waals surface area contributed by atoms with Gasteiger partial charge < -0.3 is 5.11 Å². The monoisotopic (exact) mass is 257 g/mol. The maximum Gasteiger partial charge on any atom is 0.325 e. The Balaban J connectivity index is 3.05. The molecule has 1 aromatic carbocycles. The Morgan fingerprint density at radius 1 is 1.50 bits per heavy atom. The molecule has 4 heteroatoms. The fourth-order valence-corrected chi connectivity index (χ4v) is 1.76. The van der Waals surface area contributed by atoms with Gasteiger partial charge in [0.05, 0.1) is 0 Å². The normalized spacial score (nSPS) is 12.9. The van der Waals surface area contributed by atoms with Crippen LogP contribution in [0.2, 0.25) is 0 Å². The second-order valence-electron chi connectivity index (χ2n) is 3.26. The van der Waals surface area contributed by atoms with Gasteiger partial charge in [0.1, 0.15) is 6.04 Å². The van der Waals surface area contributed by atoms with Crippen LogP contribution in [0.25, 0.3) is 0 Å². The van der Waals surface area contributed by atoms with E-state index in [4.69, 9.17) is 5.11 Å². The van der Waals surface area contributed by atoms with Gasteiger partial charge in [-0.15, -0.1) is 0 Å². The summed E-state index contributed by atoms with van der Waals surface area (Å²) in [5.41, 5.74) is 0.775. The maximum atomic E-state index is 11.0. The van der Waals surface area contributed by atoms with E-state index in [1.165, 1.54) is 0 Å². The van der Waals surface area contributed by atoms with Crippen LogP contribution in [-0.4, -0.2) is 30.1 Å². The van der Waals surface area contributed by atoms with Crippen molar-refractivity contribution in [2.24, 2.45) is 0 Å². The Hall–Kier alpha value is -0.870. The van der Waals surface area contributed by atoms with Crippen LogP contribution in [0.3, 0.4) is 0 Å². The Morgan fingerprint density at radius 2 is 2.14 bits per heavy atom. The highest BCUT2D eigenvalue weighted by Gasteiger charge is 2.21. The molecule has 76 valence electrons. The third-order valence-electron chi connectivity index (χ3n) is 1.91. The quantitative estimate of drug-likeness (QED) is 0.902. The van der Waals surface area contributed by atoms with E-state index in [0.29, 0.717) is 0 Å². The van der Waals surface area contributed by atoms with Gasteiger partial charge in [-0.2, -0.15) is 0 Å². The number of benzene rings is 1. The number of hydrogen-bond acceptors (Lipinski definition) is 2. The number of halogens is 1. The second kappa shape index (κ2) is 4.57. The Labute approximate surface area is 91.5 Å². The first-order valence-electron chi connectivity index (χ1n) is 4.17. The molecule has 0 aliphatic carbocycles. The van der Waals surface area contributed by atoms with E-state index in [1.807, 2.05) is 24.3 Å². The molecule has 1 atom stereocenters. The molecular weight excluding hydrogens is 246 g/mol. The van der Waals surface area contributed by atoms with Crippen molar-refractivity contribution < 1.29 is 9.90 Å². The van der Waals surface area contributed by atoms with Crippen molar-refractivity contribution >= 4 is 21.9 Å². The Kier molecular flexibility index (Phi) is 3.66. The standard InChI is InChI=1S/C10H12BrNO2/c1-12(2)9(10(13)14)7-4-3-5-8(11)6-7/h3-6,9H,1-2H3,(H,13,14)/t9-/m1/s1. The summed E-state index contributed by atoms with van der Waals surface area (Å²) in [6.07, 6.45) is 0. The topological polar surface area (TPSA) is 40.5 Å². The summed E-state index contributed by atoms with van der Waals surface area (Å²) < 4.78 is 0.892. The zero-order valence-corrected chi connectivity index (χ0v) is 9.65. The van der Waals surface area contributed by atoms with Crippen LogP contribution in [-0.2, 0) is 4.79 Å². The molecule has 0 radical (unpaired) electrons. The fraction of sp³-hybridized carbons (Fsp3) is 0.300. The first-order chi connectivity index (χ1) is 6.52. The summed E-state index contributed by atoms with van der Waals surface area (Å²) >= 11 is 3.32. The van der Waals surface area contributed by atoms with Gasteiger partial charge in [0.25, 0.3) is 0 Å². The first-order valence-corrected chi connectivity index (χ1v) is 4.96. The predicted molar refractivity (Wildman–Crippen MR) is 58.2 cm³/mol. The third-order valence-corrected chi connectivity index (χ3v) is 2.41. The van der Waals surface area contributed by atoms with Gasteiger partial charge in [-0.3, -0.25) is 9.69 Å². The summed E-state index contributed by atoms with van der Waals surface area (Å²) in [6, 6.07) is 6.74. The summed E-state index contributed by atoms with van der Waals surface area (Å²) in [6.45, 7) is 0. The average Bonchev–Trinajstić information content (AvgIpc) is 2.02. The van der Waals surface area contributed by atoms with Crippen molar-refractivity contribution in [1.82, 2.24) is 4.90 Å². The van der Waals surface area contributed by atoms with Crippen molar-refractivity contribution in [2.45, 2.75) is 6.04 Å². The van der Waals surface area contributed by atoms with Crippen LogP contribution in [0.1, 0.15) is 11.6 Å². The minimum atomic E-state index is -0.840. The first kappa shape index (κ1) is 11.2. The smallest absolute Gasteiger partial charge is 0.325 e. The molecule has 0 aromatic heterocycles. The number of carboxylic acid groups (broad SMARTS) is 1. The van der Waals surface area contributed by atoms with E-state index in [9.17, 15) is 4.79 Å².